The number of nitrogen functional groups attached to an aromatic ring is 1. The molecule has 2 aromatic rings. The first kappa shape index (κ1) is 32.1. The molecule has 42 heavy (non-hydrogen) atoms. The van der Waals surface area contributed by atoms with Crippen molar-refractivity contribution in [1.29, 1.82) is 0 Å². The number of hydrogen-bond donors (Lipinski definition) is 1. The highest BCUT2D eigenvalue weighted by molar-refractivity contribution is 6.75. The summed E-state index contributed by atoms with van der Waals surface area (Å²) in [6, 6.07) is 11.6. The van der Waals surface area contributed by atoms with E-state index in [1.165, 1.54) is 6.07 Å². The molecule has 0 atom stereocenters. The molecule has 1 heterocycles. The van der Waals surface area contributed by atoms with Crippen LogP contribution in [0.25, 0.3) is 33.4 Å². The molecule has 0 saturated heterocycles. The van der Waals surface area contributed by atoms with Crippen LogP contribution in [0.1, 0.15) is 51.9 Å². The van der Waals surface area contributed by atoms with Gasteiger partial charge in [0.05, 0.1) is 15.6 Å². The van der Waals surface area contributed by atoms with Gasteiger partial charge >= 0.3 is 5.97 Å². The third-order valence-corrected chi connectivity index (χ3v) is 17.9. The van der Waals surface area contributed by atoms with Crippen molar-refractivity contribution in [3.05, 3.63) is 68.3 Å². The lowest BCUT2D eigenvalue weighted by molar-refractivity contribution is 0.0713. The van der Waals surface area contributed by atoms with E-state index in [2.05, 4.69) is 54.6 Å². The third-order valence-electron chi connectivity index (χ3n) is 8.68. The van der Waals surface area contributed by atoms with Gasteiger partial charge in [-0.2, -0.15) is 0 Å². The minimum atomic E-state index is -2.48. The van der Waals surface area contributed by atoms with Gasteiger partial charge in [0.15, 0.2) is 0 Å². The van der Waals surface area contributed by atoms with Gasteiger partial charge in [-0.1, -0.05) is 70.8 Å². The maximum absolute atomic E-state index is 13.8. The first-order valence-corrected chi connectivity index (χ1v) is 20.4. The average molecular weight is 645 g/mol. The number of nitrogens with two attached hydrogens (primary N) is 1. The van der Waals surface area contributed by atoms with Crippen molar-refractivity contribution in [2.75, 3.05) is 5.73 Å². The van der Waals surface area contributed by atoms with Gasteiger partial charge in [0.25, 0.3) is 16.6 Å². The number of carbonyl (C=O) groups is 1. The van der Waals surface area contributed by atoms with Gasteiger partial charge in [-0.15, -0.1) is 0 Å². The molecule has 0 bridgehead atoms. The molecule has 0 unspecified atom stereocenters. The molecular formula is C32H39Cl2NO5Si2. The Hall–Kier alpha value is -2.79. The summed E-state index contributed by atoms with van der Waals surface area (Å²) in [4.78, 5) is 26.4. The third kappa shape index (κ3) is 6.00. The van der Waals surface area contributed by atoms with E-state index < -0.39 is 22.6 Å². The molecule has 0 aromatic heterocycles. The minimum Gasteiger partial charge on any atom is -0.542 e. The van der Waals surface area contributed by atoms with Crippen LogP contribution in [0.4, 0.5) is 5.69 Å². The van der Waals surface area contributed by atoms with Crippen molar-refractivity contribution in [1.82, 2.24) is 0 Å². The molecule has 0 spiro atoms. The molecule has 0 fully saturated rings. The monoisotopic (exact) mass is 643 g/mol. The molecule has 0 radical (unpaired) electrons. The summed E-state index contributed by atoms with van der Waals surface area (Å²) in [6.07, 6.45) is 0. The normalized spacial score (nSPS) is 13.0. The molecule has 0 amide bonds. The van der Waals surface area contributed by atoms with E-state index in [0.717, 1.165) is 0 Å². The van der Waals surface area contributed by atoms with Gasteiger partial charge in [0, 0.05) is 34.3 Å². The predicted molar refractivity (Wildman–Crippen MR) is 179 cm³/mol. The zero-order chi connectivity index (χ0) is 31.6. The lowest BCUT2D eigenvalue weighted by atomic mass is 9.90. The maximum Gasteiger partial charge on any atom is 0.325 e. The van der Waals surface area contributed by atoms with Crippen LogP contribution >= 0.6 is 23.2 Å². The number of anilines is 1. The Kier molecular flexibility index (Phi) is 8.21. The van der Waals surface area contributed by atoms with Crippen LogP contribution in [0, 0.1) is 0 Å². The van der Waals surface area contributed by atoms with Crippen molar-refractivity contribution in [2.24, 2.45) is 0 Å². The quantitative estimate of drug-likeness (QED) is 0.132. The molecular weight excluding hydrogens is 605 g/mol. The van der Waals surface area contributed by atoms with Crippen LogP contribution in [0.2, 0.25) is 46.3 Å². The molecule has 2 N–H and O–H groups in total. The van der Waals surface area contributed by atoms with Gasteiger partial charge in [0.1, 0.15) is 17.1 Å². The average Bonchev–Trinajstić information content (AvgIpc) is 2.83. The number of carbonyl (C=O) groups excluding carboxylic acids is 1. The Bertz CT molecular complexity index is 1730. The van der Waals surface area contributed by atoms with E-state index in [1.54, 1.807) is 36.4 Å². The Labute approximate surface area is 259 Å². The Balaban J connectivity index is 2.05. The van der Waals surface area contributed by atoms with E-state index in [9.17, 15) is 9.59 Å². The van der Waals surface area contributed by atoms with Gasteiger partial charge in [-0.25, -0.2) is 4.79 Å². The molecule has 4 rings (SSSR count). The molecule has 0 saturated carbocycles. The largest absolute Gasteiger partial charge is 0.542 e. The minimum absolute atomic E-state index is 0.0307. The Morgan fingerprint density at radius 3 is 2.05 bits per heavy atom. The zero-order valence-corrected chi connectivity index (χ0v) is 29.4. The van der Waals surface area contributed by atoms with Crippen molar-refractivity contribution in [3.8, 4) is 28.2 Å². The predicted octanol–water partition coefficient (Wildman–Crippen LogP) is 10.00. The summed E-state index contributed by atoms with van der Waals surface area (Å²) in [5, 5.41) is 0.795. The highest BCUT2D eigenvalue weighted by Gasteiger charge is 2.41. The molecule has 1 aliphatic heterocycles. The van der Waals surface area contributed by atoms with Crippen molar-refractivity contribution >= 4 is 62.5 Å². The first-order valence-electron chi connectivity index (χ1n) is 13.8. The van der Waals surface area contributed by atoms with Crippen molar-refractivity contribution in [3.63, 3.8) is 0 Å². The van der Waals surface area contributed by atoms with Crippen LogP contribution < -0.4 is 15.6 Å². The second kappa shape index (κ2) is 10.7. The fourth-order valence-corrected chi connectivity index (χ4v) is 6.41. The first-order chi connectivity index (χ1) is 19.1. The Morgan fingerprint density at radius 2 is 1.45 bits per heavy atom. The highest BCUT2D eigenvalue weighted by Crippen LogP contribution is 2.47. The molecule has 1 aliphatic carbocycles. The fourth-order valence-electron chi connectivity index (χ4n) is 4.08. The van der Waals surface area contributed by atoms with Crippen LogP contribution in [0.3, 0.4) is 0 Å². The summed E-state index contributed by atoms with van der Waals surface area (Å²) in [6.45, 7) is 21.0. The van der Waals surface area contributed by atoms with Crippen molar-refractivity contribution in [2.45, 2.75) is 77.8 Å². The van der Waals surface area contributed by atoms with Crippen molar-refractivity contribution < 1.29 is 18.1 Å². The lowest BCUT2D eigenvalue weighted by Crippen LogP contribution is -2.43. The van der Waals surface area contributed by atoms with Crippen LogP contribution in [-0.2, 0) is 4.43 Å². The maximum atomic E-state index is 13.8. The summed E-state index contributed by atoms with van der Waals surface area (Å²) >= 11 is 13.2. The number of benzene rings is 3. The molecule has 10 heteroatoms. The van der Waals surface area contributed by atoms with E-state index in [1.807, 2.05) is 13.1 Å². The van der Waals surface area contributed by atoms with Gasteiger partial charge in [-0.05, 0) is 66.1 Å². The van der Waals surface area contributed by atoms with Crippen LogP contribution in [0.5, 0.6) is 5.75 Å². The van der Waals surface area contributed by atoms with E-state index >= 15 is 0 Å². The Morgan fingerprint density at radius 1 is 0.833 bits per heavy atom. The molecule has 2 aromatic carbocycles. The van der Waals surface area contributed by atoms with E-state index in [4.69, 9.17) is 42.2 Å². The lowest BCUT2D eigenvalue weighted by Gasteiger charge is -2.36. The molecule has 2 aliphatic rings. The van der Waals surface area contributed by atoms with E-state index in [-0.39, 0.29) is 20.5 Å². The summed E-state index contributed by atoms with van der Waals surface area (Å²) < 4.78 is 19.0. The van der Waals surface area contributed by atoms with Gasteiger partial charge in [-0.3, -0.25) is 4.79 Å². The summed E-state index contributed by atoms with van der Waals surface area (Å²) in [5.74, 6) is 0.338. The number of halogens is 2. The SMILES string of the molecule is CC(C)(C)[Si](C)(C)OC(=O)c1cc(N)ccc1-c1c2cc(Cl)c(=O)cc-2oc2cc(O[Si](C)(C)C(C)(C)C)c(Cl)cc12. The molecule has 6 nitrogen and oxygen atoms in total. The smallest absolute Gasteiger partial charge is 0.325 e. The number of hydrogen-bond acceptors (Lipinski definition) is 6. The second-order valence-corrected chi connectivity index (χ2v) is 24.1. The summed E-state index contributed by atoms with van der Waals surface area (Å²) in [5.41, 5.74) is 8.70. The number of rotatable bonds is 5. The van der Waals surface area contributed by atoms with Crippen LogP contribution in [-0.4, -0.2) is 22.6 Å². The zero-order valence-electron chi connectivity index (χ0n) is 25.9. The topological polar surface area (TPSA) is 91.8 Å². The standard InChI is InChI=1S/C32H39Cl2NO5Si2/c1-31(2,3)41(7,8)39-28-17-27-22(15-24(28)34)29(21-14-23(33)25(36)16-26(21)38-27)19-12-11-18(35)13-20(19)30(37)40-42(9,10)32(4,5)6/h11-17H,35H2,1-10H3. The highest BCUT2D eigenvalue weighted by atomic mass is 35.5. The van der Waals surface area contributed by atoms with Crippen LogP contribution in [0.15, 0.2) is 51.7 Å². The fraction of sp³-hybridized carbons (Fsp3) is 0.375. The van der Waals surface area contributed by atoms with Gasteiger partial charge in [0.2, 0.25) is 5.43 Å². The summed E-state index contributed by atoms with van der Waals surface area (Å²) in [7, 11) is -4.72. The van der Waals surface area contributed by atoms with Gasteiger partial charge < -0.3 is 19.0 Å². The number of fused-ring (bicyclic) bond motifs is 2. The molecule has 224 valence electrons. The van der Waals surface area contributed by atoms with E-state index in [0.29, 0.717) is 55.4 Å². The second-order valence-electron chi connectivity index (χ2n) is 13.9.